The molecule has 15 heavy (non-hydrogen) atoms. The Bertz CT molecular complexity index is 395. The summed E-state index contributed by atoms with van der Waals surface area (Å²) in [4.78, 5) is 24.9. The molecule has 82 valence electrons. The highest BCUT2D eigenvalue weighted by Crippen LogP contribution is 2.06. The maximum atomic E-state index is 11.5. The number of rotatable bonds is 5. The molecule has 4 nitrogen and oxygen atoms in total. The highest BCUT2D eigenvalue weighted by atomic mass is 16.4. The number of hydrogen-bond donors (Lipinski definition) is 2. The highest BCUT2D eigenvalue weighted by molar-refractivity contribution is 5.86. The zero-order valence-corrected chi connectivity index (χ0v) is 8.75. The van der Waals surface area contributed by atoms with Crippen LogP contribution in [0.15, 0.2) is 17.1 Å². The monoisotopic (exact) mass is 209 g/mol. The molecule has 0 fully saturated rings. The van der Waals surface area contributed by atoms with Gasteiger partial charge in [-0.25, -0.2) is 4.79 Å². The third kappa shape index (κ3) is 2.94. The van der Waals surface area contributed by atoms with E-state index in [4.69, 9.17) is 5.11 Å². The van der Waals surface area contributed by atoms with Crippen LogP contribution in [0.25, 0.3) is 0 Å². The van der Waals surface area contributed by atoms with Crippen LogP contribution in [0.4, 0.5) is 0 Å². The quantitative estimate of drug-likeness (QED) is 0.726. The van der Waals surface area contributed by atoms with Crippen molar-refractivity contribution >= 4 is 5.97 Å². The van der Waals surface area contributed by atoms with E-state index < -0.39 is 5.97 Å². The summed E-state index contributed by atoms with van der Waals surface area (Å²) in [6.07, 6.45) is 4.81. The third-order valence-corrected chi connectivity index (χ3v) is 2.31. The lowest BCUT2D eigenvalue weighted by atomic mass is 10.1. The molecule has 0 unspecified atom stereocenters. The number of nitrogens with one attached hydrogen (secondary N) is 1. The normalized spacial score (nSPS) is 10.2. The Morgan fingerprint density at radius 2 is 2.20 bits per heavy atom. The molecule has 0 saturated carbocycles. The van der Waals surface area contributed by atoms with E-state index in [1.54, 1.807) is 0 Å². The first-order valence-electron chi connectivity index (χ1n) is 5.10. The van der Waals surface area contributed by atoms with Gasteiger partial charge in [-0.2, -0.15) is 0 Å². The second kappa shape index (κ2) is 5.34. The molecule has 1 rings (SSSR count). The van der Waals surface area contributed by atoms with Crippen LogP contribution in [-0.2, 0) is 6.42 Å². The van der Waals surface area contributed by atoms with Gasteiger partial charge < -0.3 is 10.1 Å². The van der Waals surface area contributed by atoms with Gasteiger partial charge in [0, 0.05) is 17.8 Å². The second-order valence-electron chi connectivity index (χ2n) is 3.46. The Labute approximate surface area is 88.0 Å². The van der Waals surface area contributed by atoms with Crippen molar-refractivity contribution in [3.8, 4) is 0 Å². The number of aromatic amines is 1. The van der Waals surface area contributed by atoms with E-state index in [1.165, 1.54) is 12.3 Å². The zero-order valence-electron chi connectivity index (χ0n) is 8.75. The number of carboxylic acids is 1. The Balaban J connectivity index is 2.93. The molecular formula is C11H15NO3. The summed E-state index contributed by atoms with van der Waals surface area (Å²) in [6.45, 7) is 2.06. The van der Waals surface area contributed by atoms with Crippen molar-refractivity contribution in [2.75, 3.05) is 0 Å². The van der Waals surface area contributed by atoms with E-state index in [1.807, 2.05) is 0 Å². The van der Waals surface area contributed by atoms with E-state index in [0.29, 0.717) is 12.0 Å². The number of unbranched alkanes of at least 4 members (excludes halogenated alkanes) is 2. The molecule has 1 heterocycles. The van der Waals surface area contributed by atoms with Crippen molar-refractivity contribution < 1.29 is 9.90 Å². The second-order valence-corrected chi connectivity index (χ2v) is 3.46. The van der Waals surface area contributed by atoms with Gasteiger partial charge in [0.25, 0.3) is 0 Å². The molecule has 0 aliphatic carbocycles. The number of aromatic nitrogens is 1. The molecule has 1 aromatic rings. The third-order valence-electron chi connectivity index (χ3n) is 2.31. The van der Waals surface area contributed by atoms with Gasteiger partial charge in [-0.15, -0.1) is 0 Å². The molecule has 0 saturated heterocycles. The number of carbonyl (C=O) groups is 1. The van der Waals surface area contributed by atoms with Crippen LogP contribution < -0.4 is 5.43 Å². The van der Waals surface area contributed by atoms with Crippen LogP contribution in [0, 0.1) is 0 Å². The molecule has 0 amide bonds. The summed E-state index contributed by atoms with van der Waals surface area (Å²) in [5.41, 5.74) is 0.222. The van der Waals surface area contributed by atoms with E-state index >= 15 is 0 Å². The average molecular weight is 209 g/mol. The van der Waals surface area contributed by atoms with Crippen LogP contribution in [0.3, 0.4) is 0 Å². The van der Waals surface area contributed by atoms with Crippen molar-refractivity contribution in [2.24, 2.45) is 0 Å². The smallest absolute Gasteiger partial charge is 0.352 e. The summed E-state index contributed by atoms with van der Waals surface area (Å²) in [5, 5.41) is 8.88. The molecule has 4 heteroatoms. The lowest BCUT2D eigenvalue weighted by Crippen LogP contribution is -2.16. The number of carboxylic acid groups (broad SMARTS) is 1. The summed E-state index contributed by atoms with van der Waals surface area (Å²) < 4.78 is 0. The van der Waals surface area contributed by atoms with Crippen LogP contribution in [-0.4, -0.2) is 16.1 Å². The minimum Gasteiger partial charge on any atom is -0.477 e. The van der Waals surface area contributed by atoms with E-state index in [2.05, 4.69) is 11.9 Å². The van der Waals surface area contributed by atoms with Gasteiger partial charge >= 0.3 is 5.97 Å². The number of pyridine rings is 1. The van der Waals surface area contributed by atoms with Crippen molar-refractivity contribution in [1.82, 2.24) is 4.98 Å². The van der Waals surface area contributed by atoms with Gasteiger partial charge in [-0.3, -0.25) is 4.79 Å². The first-order valence-corrected chi connectivity index (χ1v) is 5.10. The fraction of sp³-hybridized carbons (Fsp3) is 0.455. The summed E-state index contributed by atoms with van der Waals surface area (Å²) in [7, 11) is 0. The van der Waals surface area contributed by atoms with Gasteiger partial charge in [0.05, 0.1) is 0 Å². The number of H-pyrrole nitrogens is 1. The Hall–Kier alpha value is -1.58. The molecule has 2 N–H and O–H groups in total. The van der Waals surface area contributed by atoms with Gasteiger partial charge in [0.2, 0.25) is 0 Å². The van der Waals surface area contributed by atoms with E-state index in [0.717, 1.165) is 19.3 Å². The molecule has 0 bridgehead atoms. The van der Waals surface area contributed by atoms with Crippen molar-refractivity contribution in [1.29, 1.82) is 0 Å². The standard InChI is InChI=1S/C11H15NO3/c1-2-3-4-5-8-9(13)6-7-12-10(8)11(14)15/h6-7H,2-5H2,1H3,(H,12,13)(H,14,15). The fourth-order valence-corrected chi connectivity index (χ4v) is 1.50. The Morgan fingerprint density at radius 1 is 1.47 bits per heavy atom. The number of aromatic carboxylic acids is 1. The molecule has 1 aromatic heterocycles. The topological polar surface area (TPSA) is 70.2 Å². The molecule has 0 aliphatic rings. The van der Waals surface area contributed by atoms with Gasteiger partial charge in [-0.05, 0) is 12.8 Å². The first-order chi connectivity index (χ1) is 7.16. The summed E-state index contributed by atoms with van der Waals surface area (Å²) in [6, 6.07) is 1.37. The lowest BCUT2D eigenvalue weighted by molar-refractivity contribution is 0.0689. The molecular weight excluding hydrogens is 194 g/mol. The van der Waals surface area contributed by atoms with Crippen molar-refractivity contribution in [3.05, 3.63) is 33.7 Å². The van der Waals surface area contributed by atoms with Crippen LogP contribution in [0.1, 0.15) is 42.2 Å². The van der Waals surface area contributed by atoms with Crippen molar-refractivity contribution in [2.45, 2.75) is 32.6 Å². The van der Waals surface area contributed by atoms with Gasteiger partial charge in [-0.1, -0.05) is 19.8 Å². The Morgan fingerprint density at radius 3 is 2.80 bits per heavy atom. The highest BCUT2D eigenvalue weighted by Gasteiger charge is 2.12. The average Bonchev–Trinajstić information content (AvgIpc) is 2.20. The predicted octanol–water partition coefficient (Wildman–Crippen LogP) is 1.81. The van der Waals surface area contributed by atoms with Gasteiger partial charge in [0.15, 0.2) is 5.43 Å². The maximum absolute atomic E-state index is 11.5. The largest absolute Gasteiger partial charge is 0.477 e. The maximum Gasteiger partial charge on any atom is 0.352 e. The van der Waals surface area contributed by atoms with E-state index in [-0.39, 0.29) is 11.1 Å². The summed E-state index contributed by atoms with van der Waals surface area (Å²) >= 11 is 0. The first kappa shape index (κ1) is 11.5. The van der Waals surface area contributed by atoms with E-state index in [9.17, 15) is 9.59 Å². The molecule has 0 radical (unpaired) electrons. The minimum absolute atomic E-state index is 0.0265. The molecule has 0 aromatic carbocycles. The van der Waals surface area contributed by atoms with Crippen LogP contribution in [0.5, 0.6) is 0 Å². The molecule has 0 spiro atoms. The fourth-order valence-electron chi connectivity index (χ4n) is 1.50. The minimum atomic E-state index is -1.07. The zero-order chi connectivity index (χ0) is 11.3. The predicted molar refractivity (Wildman–Crippen MR) is 57.3 cm³/mol. The SMILES string of the molecule is CCCCCc1c(C(=O)O)[nH]ccc1=O. The molecule has 0 atom stereocenters. The Kier molecular flexibility index (Phi) is 4.09. The number of hydrogen-bond acceptors (Lipinski definition) is 2. The van der Waals surface area contributed by atoms with Crippen LogP contribution >= 0.6 is 0 Å². The van der Waals surface area contributed by atoms with Crippen molar-refractivity contribution in [3.63, 3.8) is 0 Å². The summed E-state index contributed by atoms with van der Waals surface area (Å²) in [5.74, 6) is -1.07. The molecule has 0 aliphatic heterocycles. The van der Waals surface area contributed by atoms with Gasteiger partial charge in [0.1, 0.15) is 5.69 Å². The lowest BCUT2D eigenvalue weighted by Gasteiger charge is -2.03. The van der Waals surface area contributed by atoms with Crippen LogP contribution in [0.2, 0.25) is 0 Å².